The van der Waals surface area contributed by atoms with Gasteiger partial charge in [-0.1, -0.05) is 104 Å². The fraction of sp³-hybridized carbons (Fsp3) is 0.667. The van der Waals surface area contributed by atoms with Gasteiger partial charge in [0.05, 0.1) is 0 Å². The Morgan fingerprint density at radius 2 is 0.878 bits per heavy atom. The predicted molar refractivity (Wildman–Crippen MR) is 183 cm³/mol. The van der Waals surface area contributed by atoms with Gasteiger partial charge in [-0.15, -0.1) is 0 Å². The average molecular weight is 560 g/mol. The van der Waals surface area contributed by atoms with E-state index in [9.17, 15) is 0 Å². The van der Waals surface area contributed by atoms with Crippen LogP contribution in [0.15, 0.2) is 24.3 Å². The molecule has 41 heavy (non-hydrogen) atoms. The second kappa shape index (κ2) is 18.4. The lowest BCUT2D eigenvalue weighted by molar-refractivity contribution is -0.425. The molecule has 0 fully saturated rings. The van der Waals surface area contributed by atoms with Crippen LogP contribution in [0, 0.1) is 0 Å². The third-order valence-electron chi connectivity index (χ3n) is 8.93. The van der Waals surface area contributed by atoms with Crippen molar-refractivity contribution in [2.45, 2.75) is 157 Å². The molecule has 0 unspecified atom stereocenters. The molecule has 0 amide bonds. The average Bonchev–Trinajstić information content (AvgIpc) is 3.47. The number of aryl methyl sites for hydroxylation is 6. The zero-order valence-electron chi connectivity index (χ0n) is 27.9. The largest absolute Gasteiger partial charge is 0.244 e. The van der Waals surface area contributed by atoms with Gasteiger partial charge >= 0.3 is 0 Å². The van der Waals surface area contributed by atoms with Gasteiger partial charge in [0.2, 0.25) is 6.34 Å². The molecule has 0 aromatic heterocycles. The summed E-state index contributed by atoms with van der Waals surface area (Å²) in [6, 6.07) is 10.3. The Labute approximate surface area is 254 Å². The Morgan fingerprint density at radius 1 is 0.512 bits per heavy atom. The van der Waals surface area contributed by atoms with Crippen molar-refractivity contribution in [3.63, 3.8) is 0 Å². The molecule has 0 atom stereocenters. The first kappa shape index (κ1) is 33.4. The molecule has 0 spiro atoms. The van der Waals surface area contributed by atoms with Crippen LogP contribution in [0.2, 0.25) is 0 Å². The van der Waals surface area contributed by atoms with E-state index in [4.69, 9.17) is 0 Å². The zero-order valence-corrected chi connectivity index (χ0v) is 27.9. The summed E-state index contributed by atoms with van der Waals surface area (Å²) in [7, 11) is 0. The third kappa shape index (κ3) is 9.72. The third-order valence-corrected chi connectivity index (χ3v) is 8.93. The highest BCUT2D eigenvalue weighted by molar-refractivity contribution is 5.82. The van der Waals surface area contributed by atoms with Gasteiger partial charge in [-0.25, -0.2) is 9.48 Å². The van der Waals surface area contributed by atoms with Crippen molar-refractivity contribution in [2.75, 3.05) is 18.0 Å². The molecule has 0 saturated heterocycles. The van der Waals surface area contributed by atoms with E-state index >= 15 is 0 Å². The van der Waals surface area contributed by atoms with Gasteiger partial charge in [-0.05, 0) is 110 Å². The van der Waals surface area contributed by atoms with Crippen LogP contribution < -0.4 is 4.90 Å². The number of unbranched alkanes of at least 4 members (excludes halogenated alkanes) is 6. The minimum atomic E-state index is 1.09. The van der Waals surface area contributed by atoms with Crippen LogP contribution in [0.1, 0.15) is 152 Å². The first-order chi connectivity index (χ1) is 20.1. The van der Waals surface area contributed by atoms with E-state index < -0.39 is 0 Å². The normalized spacial score (nSPS) is 13.3. The van der Waals surface area contributed by atoms with Gasteiger partial charge in [0.1, 0.15) is 24.5 Å². The first-order valence-electron chi connectivity index (χ1n) is 17.8. The number of hydrogen-bond donors (Lipinski definition) is 0. The lowest BCUT2D eigenvalue weighted by atomic mass is 9.93. The summed E-state index contributed by atoms with van der Waals surface area (Å²) >= 11 is 0. The topological polar surface area (TPSA) is 6.25 Å². The summed E-state index contributed by atoms with van der Waals surface area (Å²) < 4.78 is 2.65. The van der Waals surface area contributed by atoms with Gasteiger partial charge in [0.15, 0.2) is 0 Å². The molecule has 1 aliphatic heterocycles. The molecule has 3 rings (SSSR count). The minimum Gasteiger partial charge on any atom is -0.229 e. The Bertz CT molecular complexity index is 1020. The Kier molecular flexibility index (Phi) is 15.0. The lowest BCUT2D eigenvalue weighted by Crippen LogP contribution is -2.22. The molecule has 1 heterocycles. The maximum atomic E-state index is 2.65. The Hall–Kier alpha value is -2.09. The van der Waals surface area contributed by atoms with Crippen molar-refractivity contribution in [3.8, 4) is 0 Å². The van der Waals surface area contributed by atoms with E-state index in [0.717, 1.165) is 13.1 Å². The minimum absolute atomic E-state index is 1.09. The van der Waals surface area contributed by atoms with E-state index in [1.807, 2.05) is 0 Å². The first-order valence-corrected chi connectivity index (χ1v) is 17.8. The lowest BCUT2D eigenvalue weighted by Gasteiger charge is -2.19. The van der Waals surface area contributed by atoms with Crippen LogP contribution in [-0.2, 0) is 38.5 Å². The molecule has 2 nitrogen and oxygen atoms in total. The molecular weight excluding hydrogens is 496 g/mol. The van der Waals surface area contributed by atoms with Crippen molar-refractivity contribution < 1.29 is 4.58 Å². The van der Waals surface area contributed by atoms with Gasteiger partial charge in [0, 0.05) is 0 Å². The van der Waals surface area contributed by atoms with Gasteiger partial charge < -0.3 is 0 Å². The standard InChI is InChI=1S/C39H63N2/c1-7-13-19-32-27-34(21-15-9-3)38(35(28-32)22-16-10-4)40-25-26-41(31-40)39-36(23-17-11-5)29-33(20-14-8-2)30-37(39)24-18-12-6/h27-31H,7-26H2,1-6H3/q+1. The van der Waals surface area contributed by atoms with Crippen LogP contribution in [0.5, 0.6) is 0 Å². The van der Waals surface area contributed by atoms with Gasteiger partial charge in [0.25, 0.3) is 0 Å². The van der Waals surface area contributed by atoms with Crippen LogP contribution in [0.4, 0.5) is 11.4 Å². The van der Waals surface area contributed by atoms with E-state index in [0.29, 0.717) is 0 Å². The Balaban J connectivity index is 2.11. The summed E-state index contributed by atoms with van der Waals surface area (Å²) in [6.45, 7) is 16.2. The van der Waals surface area contributed by atoms with Crippen LogP contribution >= 0.6 is 0 Å². The van der Waals surface area contributed by atoms with Crippen molar-refractivity contribution in [1.29, 1.82) is 0 Å². The molecule has 2 aromatic carbocycles. The van der Waals surface area contributed by atoms with Crippen LogP contribution in [-0.4, -0.2) is 24.0 Å². The number of rotatable bonds is 20. The second-order valence-electron chi connectivity index (χ2n) is 12.6. The van der Waals surface area contributed by atoms with Crippen LogP contribution in [0.25, 0.3) is 0 Å². The van der Waals surface area contributed by atoms with Crippen LogP contribution in [0.3, 0.4) is 0 Å². The summed E-state index contributed by atoms with van der Waals surface area (Å²) in [6.07, 6.45) is 25.0. The van der Waals surface area contributed by atoms with E-state index in [1.54, 1.807) is 44.8 Å². The summed E-state index contributed by atoms with van der Waals surface area (Å²) in [5.74, 6) is 0. The second-order valence-corrected chi connectivity index (χ2v) is 12.6. The quantitative estimate of drug-likeness (QED) is 0.146. The van der Waals surface area contributed by atoms with Crippen molar-refractivity contribution in [1.82, 2.24) is 0 Å². The van der Waals surface area contributed by atoms with E-state index in [2.05, 4.69) is 81.6 Å². The highest BCUT2D eigenvalue weighted by atomic mass is 15.3. The zero-order chi connectivity index (χ0) is 29.5. The molecular formula is C39H63N2+. The molecule has 1 aliphatic rings. The fourth-order valence-electron chi connectivity index (χ4n) is 6.52. The van der Waals surface area contributed by atoms with Crippen molar-refractivity contribution in [2.24, 2.45) is 0 Å². The summed E-state index contributed by atoms with van der Waals surface area (Å²) in [4.78, 5) is 2.65. The molecule has 2 aromatic rings. The number of hydrogen-bond acceptors (Lipinski definition) is 1. The highest BCUT2D eigenvalue weighted by Crippen LogP contribution is 2.35. The van der Waals surface area contributed by atoms with Crippen molar-refractivity contribution >= 4 is 17.7 Å². The SMILES string of the molecule is CCCCc1cc(CCCC)c(N2C=[N+](c3c(CCCC)cc(CCCC)cc3CCCC)CC2)c(CCCC)c1. The fourth-order valence-corrected chi connectivity index (χ4v) is 6.52. The Morgan fingerprint density at radius 3 is 1.29 bits per heavy atom. The highest BCUT2D eigenvalue weighted by Gasteiger charge is 2.30. The van der Waals surface area contributed by atoms with E-state index in [-0.39, 0.29) is 0 Å². The molecule has 0 aliphatic carbocycles. The maximum Gasteiger partial charge on any atom is 0.244 e. The molecule has 0 N–H and O–H groups in total. The number of anilines is 1. The van der Waals surface area contributed by atoms with Gasteiger partial charge in [-0.2, -0.15) is 0 Å². The molecule has 228 valence electrons. The van der Waals surface area contributed by atoms with Crippen molar-refractivity contribution in [3.05, 3.63) is 57.6 Å². The maximum absolute atomic E-state index is 2.65. The molecule has 2 heteroatoms. The van der Waals surface area contributed by atoms with E-state index in [1.165, 1.54) is 116 Å². The van der Waals surface area contributed by atoms with Gasteiger partial charge in [-0.3, -0.25) is 0 Å². The molecule has 0 radical (unpaired) electrons. The monoisotopic (exact) mass is 559 g/mol. The number of nitrogens with zero attached hydrogens (tertiary/aromatic N) is 2. The predicted octanol–water partition coefficient (Wildman–Crippen LogP) is 10.9. The molecule has 0 bridgehead atoms. The molecule has 0 saturated carbocycles. The summed E-state index contributed by atoms with van der Waals surface area (Å²) in [5, 5.41) is 0. The number of benzene rings is 2. The smallest absolute Gasteiger partial charge is 0.229 e. The summed E-state index contributed by atoms with van der Waals surface area (Å²) in [5.41, 5.74) is 12.6.